The normalized spacial score (nSPS) is 15.2. The quantitative estimate of drug-likeness (QED) is 0.198. The molecule has 3 aromatic carbocycles. The van der Waals surface area contributed by atoms with E-state index in [1.54, 1.807) is 6.07 Å². The highest BCUT2D eigenvalue weighted by Gasteiger charge is 2.34. The molecule has 3 nitrogen and oxygen atoms in total. The molecule has 0 bridgehead atoms. The number of rotatable bonds is 10. The third-order valence-corrected chi connectivity index (χ3v) is 7.25. The highest BCUT2D eigenvalue weighted by molar-refractivity contribution is 9.10. The first kappa shape index (κ1) is 27.6. The summed E-state index contributed by atoms with van der Waals surface area (Å²) in [5.74, 6) is -0.00601. The van der Waals surface area contributed by atoms with Gasteiger partial charge in [-0.1, -0.05) is 52.3 Å². The standard InChI is InChI=1S/C29H31BrF4N2O/c30-25-7-9-28(37-20-23-6-8-27(31)26(16-23)29(32,33)34)24(17-25)18-35-13-10-21-11-14-36(15-12-21)19-22-4-2-1-3-5-22/h1-9,16-17,21,35H,10-15,18-20H2. The summed E-state index contributed by atoms with van der Waals surface area (Å²) in [6, 6.07) is 19.1. The molecule has 8 heteroatoms. The molecule has 0 amide bonds. The van der Waals surface area contributed by atoms with Gasteiger partial charge in [-0.15, -0.1) is 0 Å². The summed E-state index contributed by atoms with van der Waals surface area (Å²) in [5, 5.41) is 3.49. The molecule has 1 saturated heterocycles. The summed E-state index contributed by atoms with van der Waals surface area (Å²) < 4.78 is 59.4. The van der Waals surface area contributed by atoms with E-state index in [0.29, 0.717) is 18.2 Å². The van der Waals surface area contributed by atoms with E-state index in [1.807, 2.05) is 18.2 Å². The number of hydrogen-bond acceptors (Lipinski definition) is 3. The van der Waals surface area contributed by atoms with Gasteiger partial charge in [-0.3, -0.25) is 4.90 Å². The van der Waals surface area contributed by atoms with E-state index >= 15 is 0 Å². The zero-order chi connectivity index (χ0) is 26.3. The van der Waals surface area contributed by atoms with Gasteiger partial charge in [0.15, 0.2) is 0 Å². The minimum Gasteiger partial charge on any atom is -0.489 e. The Morgan fingerprint density at radius 2 is 1.70 bits per heavy atom. The lowest BCUT2D eigenvalue weighted by Gasteiger charge is -2.32. The van der Waals surface area contributed by atoms with Crippen molar-refractivity contribution in [1.29, 1.82) is 0 Å². The van der Waals surface area contributed by atoms with E-state index in [2.05, 4.69) is 50.4 Å². The van der Waals surface area contributed by atoms with Crippen molar-refractivity contribution in [3.8, 4) is 5.75 Å². The number of likely N-dealkylation sites (tertiary alicyclic amines) is 1. The molecule has 1 aliphatic heterocycles. The first-order valence-electron chi connectivity index (χ1n) is 12.5. The monoisotopic (exact) mass is 578 g/mol. The van der Waals surface area contributed by atoms with Crippen molar-refractivity contribution in [1.82, 2.24) is 10.2 Å². The predicted octanol–water partition coefficient (Wildman–Crippen LogP) is 7.58. The first-order chi connectivity index (χ1) is 17.8. The van der Waals surface area contributed by atoms with Gasteiger partial charge < -0.3 is 10.1 Å². The van der Waals surface area contributed by atoms with Crippen LogP contribution in [0.15, 0.2) is 71.2 Å². The number of alkyl halides is 3. The van der Waals surface area contributed by atoms with Crippen molar-refractivity contribution in [2.24, 2.45) is 5.92 Å². The van der Waals surface area contributed by atoms with E-state index in [9.17, 15) is 17.6 Å². The lowest BCUT2D eigenvalue weighted by atomic mass is 9.93. The molecular weight excluding hydrogens is 548 g/mol. The van der Waals surface area contributed by atoms with Crippen LogP contribution in [0.4, 0.5) is 17.6 Å². The summed E-state index contributed by atoms with van der Waals surface area (Å²) in [4.78, 5) is 2.52. The van der Waals surface area contributed by atoms with Gasteiger partial charge in [0.25, 0.3) is 0 Å². The summed E-state index contributed by atoms with van der Waals surface area (Å²) >= 11 is 3.48. The maximum Gasteiger partial charge on any atom is 0.419 e. The van der Waals surface area contributed by atoms with Crippen molar-refractivity contribution in [2.75, 3.05) is 19.6 Å². The number of ether oxygens (including phenoxy) is 1. The lowest BCUT2D eigenvalue weighted by molar-refractivity contribution is -0.140. The highest BCUT2D eigenvalue weighted by Crippen LogP contribution is 2.32. The Kier molecular flexibility index (Phi) is 9.62. The number of nitrogens with one attached hydrogen (secondary N) is 1. The molecule has 0 aliphatic carbocycles. The first-order valence-corrected chi connectivity index (χ1v) is 13.3. The average molecular weight is 579 g/mol. The van der Waals surface area contributed by atoms with E-state index in [0.717, 1.165) is 54.8 Å². The number of halogens is 5. The molecule has 1 N–H and O–H groups in total. The smallest absolute Gasteiger partial charge is 0.419 e. The molecule has 1 aliphatic rings. The van der Waals surface area contributed by atoms with Crippen LogP contribution in [0.5, 0.6) is 5.75 Å². The second kappa shape index (κ2) is 12.9. The van der Waals surface area contributed by atoms with Crippen LogP contribution in [-0.2, 0) is 25.9 Å². The molecule has 0 radical (unpaired) electrons. The minimum absolute atomic E-state index is 0.0838. The Morgan fingerprint density at radius 3 is 2.43 bits per heavy atom. The highest BCUT2D eigenvalue weighted by atomic mass is 79.9. The zero-order valence-corrected chi connectivity index (χ0v) is 22.1. The van der Waals surface area contributed by atoms with Crippen LogP contribution in [0.1, 0.15) is 41.5 Å². The zero-order valence-electron chi connectivity index (χ0n) is 20.5. The molecule has 1 heterocycles. The van der Waals surface area contributed by atoms with E-state index < -0.39 is 17.6 Å². The molecule has 1 fully saturated rings. The number of hydrogen-bond donors (Lipinski definition) is 1. The molecule has 0 spiro atoms. The number of nitrogens with zero attached hydrogens (tertiary/aromatic N) is 1. The second-order valence-corrected chi connectivity index (χ2v) is 10.4. The topological polar surface area (TPSA) is 24.5 Å². The van der Waals surface area contributed by atoms with Crippen LogP contribution in [0.25, 0.3) is 0 Å². The van der Waals surface area contributed by atoms with Gasteiger partial charge in [0.05, 0.1) is 5.56 Å². The summed E-state index contributed by atoms with van der Waals surface area (Å²) in [6.45, 7) is 4.61. The Hall–Kier alpha value is -2.42. The fraction of sp³-hybridized carbons (Fsp3) is 0.379. The van der Waals surface area contributed by atoms with Crippen molar-refractivity contribution in [2.45, 2.75) is 45.1 Å². The Labute approximate surface area is 224 Å². The fourth-order valence-corrected chi connectivity index (χ4v) is 5.08. The van der Waals surface area contributed by atoms with Crippen molar-refractivity contribution in [3.63, 3.8) is 0 Å². The third-order valence-electron chi connectivity index (χ3n) is 6.75. The van der Waals surface area contributed by atoms with E-state index in [-0.39, 0.29) is 12.2 Å². The van der Waals surface area contributed by atoms with Gasteiger partial charge in [0, 0.05) is 23.1 Å². The maximum absolute atomic E-state index is 13.6. The molecule has 0 aromatic heterocycles. The van der Waals surface area contributed by atoms with Gasteiger partial charge >= 0.3 is 6.18 Å². The SMILES string of the molecule is Fc1ccc(COc2ccc(Br)cc2CNCCC2CCN(Cc3ccccc3)CC2)cc1C(F)(F)F. The lowest BCUT2D eigenvalue weighted by Crippen LogP contribution is -2.34. The van der Waals surface area contributed by atoms with Gasteiger partial charge in [0.1, 0.15) is 18.2 Å². The van der Waals surface area contributed by atoms with Gasteiger partial charge in [0.2, 0.25) is 0 Å². The minimum atomic E-state index is -4.74. The molecule has 0 saturated carbocycles. The van der Waals surface area contributed by atoms with Gasteiger partial charge in [-0.25, -0.2) is 4.39 Å². The van der Waals surface area contributed by atoms with Crippen LogP contribution in [0.2, 0.25) is 0 Å². The molecule has 198 valence electrons. The van der Waals surface area contributed by atoms with Crippen LogP contribution < -0.4 is 10.1 Å². The second-order valence-electron chi connectivity index (χ2n) is 9.52. The predicted molar refractivity (Wildman–Crippen MR) is 141 cm³/mol. The maximum atomic E-state index is 13.6. The van der Waals surface area contributed by atoms with Crippen LogP contribution in [0, 0.1) is 11.7 Å². The summed E-state index contributed by atoms with van der Waals surface area (Å²) in [6.07, 6.45) is -1.26. The molecule has 0 unspecified atom stereocenters. The Morgan fingerprint density at radius 1 is 0.946 bits per heavy atom. The Balaban J connectivity index is 1.23. The molecule has 4 rings (SSSR count). The average Bonchev–Trinajstić information content (AvgIpc) is 2.88. The molecule has 37 heavy (non-hydrogen) atoms. The van der Waals surface area contributed by atoms with Crippen LogP contribution in [0.3, 0.4) is 0 Å². The van der Waals surface area contributed by atoms with Gasteiger partial charge in [-0.05, 0) is 86.3 Å². The molecule has 0 atom stereocenters. The molecular formula is C29H31BrF4N2O. The largest absolute Gasteiger partial charge is 0.489 e. The van der Waals surface area contributed by atoms with Crippen LogP contribution in [-0.4, -0.2) is 24.5 Å². The van der Waals surface area contributed by atoms with Crippen LogP contribution >= 0.6 is 15.9 Å². The molecule has 3 aromatic rings. The van der Waals surface area contributed by atoms with Gasteiger partial charge in [-0.2, -0.15) is 13.2 Å². The summed E-state index contributed by atoms with van der Waals surface area (Å²) in [7, 11) is 0. The van der Waals surface area contributed by atoms with Crippen molar-refractivity contribution < 1.29 is 22.3 Å². The number of benzene rings is 3. The summed E-state index contributed by atoms with van der Waals surface area (Å²) in [5.41, 5.74) is 1.24. The fourth-order valence-electron chi connectivity index (χ4n) is 4.67. The van der Waals surface area contributed by atoms with E-state index in [1.165, 1.54) is 24.5 Å². The van der Waals surface area contributed by atoms with Crippen molar-refractivity contribution >= 4 is 15.9 Å². The number of piperidine rings is 1. The third kappa shape index (κ3) is 8.28. The van der Waals surface area contributed by atoms with Crippen molar-refractivity contribution in [3.05, 3.63) is 99.3 Å². The van der Waals surface area contributed by atoms with E-state index in [4.69, 9.17) is 4.74 Å². The Bertz CT molecular complexity index is 1150.